The Kier molecular flexibility index (Phi) is 4.52. The molecule has 102 valence electrons. The van der Waals surface area contributed by atoms with Crippen LogP contribution in [0.1, 0.15) is 38.1 Å². The minimum absolute atomic E-state index is 0.431. The van der Waals surface area contributed by atoms with Gasteiger partial charge in [0.2, 0.25) is 5.89 Å². The third-order valence-corrected chi connectivity index (χ3v) is 2.82. The third-order valence-electron chi connectivity index (χ3n) is 2.82. The van der Waals surface area contributed by atoms with Gasteiger partial charge in [0.25, 0.3) is 0 Å². The highest BCUT2D eigenvalue weighted by Crippen LogP contribution is 2.26. The molecule has 0 aliphatic carbocycles. The molecule has 0 radical (unpaired) electrons. The summed E-state index contributed by atoms with van der Waals surface area (Å²) < 4.78 is 5.53. The molecule has 2 aromatic rings. The first-order valence-corrected chi connectivity index (χ1v) is 6.59. The van der Waals surface area contributed by atoms with Gasteiger partial charge in [0, 0.05) is 5.69 Å². The van der Waals surface area contributed by atoms with Gasteiger partial charge in [-0.05, 0) is 24.1 Å². The first kappa shape index (κ1) is 13.5. The Balaban J connectivity index is 2.10. The number of benzene rings is 1. The predicted octanol–water partition coefficient (Wildman–Crippen LogP) is 3.05. The summed E-state index contributed by atoms with van der Waals surface area (Å²) in [6.45, 7) is 7.82. The van der Waals surface area contributed by atoms with E-state index in [2.05, 4.69) is 40.7 Å². The van der Waals surface area contributed by atoms with Crippen molar-refractivity contribution in [2.45, 2.75) is 33.2 Å². The molecule has 0 bridgehead atoms. The van der Waals surface area contributed by atoms with Crippen LogP contribution < -0.4 is 10.6 Å². The summed E-state index contributed by atoms with van der Waals surface area (Å²) in [5, 5.41) is 14.3. The predicted molar refractivity (Wildman–Crippen MR) is 75.5 cm³/mol. The van der Waals surface area contributed by atoms with E-state index in [1.165, 1.54) is 5.56 Å². The van der Waals surface area contributed by atoms with Crippen LogP contribution in [0.4, 0.5) is 11.7 Å². The molecule has 5 heteroatoms. The van der Waals surface area contributed by atoms with Crippen LogP contribution >= 0.6 is 0 Å². The van der Waals surface area contributed by atoms with E-state index in [9.17, 15) is 0 Å². The third kappa shape index (κ3) is 3.54. The van der Waals surface area contributed by atoms with Gasteiger partial charge in [0.1, 0.15) is 0 Å². The van der Waals surface area contributed by atoms with Gasteiger partial charge in [-0.2, -0.15) is 0 Å². The molecule has 2 rings (SSSR count). The van der Waals surface area contributed by atoms with Crippen LogP contribution in [0.25, 0.3) is 0 Å². The summed E-state index contributed by atoms with van der Waals surface area (Å²) in [6.07, 6.45) is 0. The molecule has 0 saturated heterocycles. The van der Waals surface area contributed by atoms with Gasteiger partial charge in [0.05, 0.1) is 6.54 Å². The minimum atomic E-state index is 0.431. The second-order valence-electron chi connectivity index (χ2n) is 4.65. The fourth-order valence-corrected chi connectivity index (χ4v) is 1.84. The summed E-state index contributed by atoms with van der Waals surface area (Å²) in [7, 11) is 0. The van der Waals surface area contributed by atoms with Crippen LogP contribution in [-0.2, 0) is 6.54 Å². The van der Waals surface area contributed by atoms with E-state index in [1.807, 2.05) is 25.1 Å². The first-order valence-electron chi connectivity index (χ1n) is 6.59. The van der Waals surface area contributed by atoms with Crippen molar-refractivity contribution in [1.82, 2.24) is 15.5 Å². The number of aromatic nitrogens is 2. The SMILES string of the molecule is CCNCc1nnc(Nc2ccccc2C(C)C)o1. The number of para-hydroxylation sites is 1. The van der Waals surface area contributed by atoms with Crippen molar-refractivity contribution in [3.63, 3.8) is 0 Å². The molecular formula is C14H20N4O. The average Bonchev–Trinajstić information content (AvgIpc) is 2.84. The minimum Gasteiger partial charge on any atom is -0.406 e. The van der Waals surface area contributed by atoms with Crippen molar-refractivity contribution in [2.75, 3.05) is 11.9 Å². The Labute approximate surface area is 113 Å². The lowest BCUT2D eigenvalue weighted by atomic mass is 10.0. The van der Waals surface area contributed by atoms with Crippen LogP contribution in [0.15, 0.2) is 28.7 Å². The van der Waals surface area contributed by atoms with E-state index in [4.69, 9.17) is 4.42 Å². The molecule has 1 aromatic heterocycles. The van der Waals surface area contributed by atoms with Gasteiger partial charge in [-0.3, -0.25) is 0 Å². The maximum atomic E-state index is 5.53. The summed E-state index contributed by atoms with van der Waals surface area (Å²) in [5.74, 6) is 1.03. The first-order chi connectivity index (χ1) is 9.20. The average molecular weight is 260 g/mol. The van der Waals surface area contributed by atoms with Crippen molar-refractivity contribution in [1.29, 1.82) is 0 Å². The Morgan fingerprint density at radius 2 is 2.00 bits per heavy atom. The zero-order valence-electron chi connectivity index (χ0n) is 11.6. The topological polar surface area (TPSA) is 63.0 Å². The van der Waals surface area contributed by atoms with Crippen molar-refractivity contribution >= 4 is 11.7 Å². The van der Waals surface area contributed by atoms with Gasteiger partial charge in [-0.25, -0.2) is 0 Å². The van der Waals surface area contributed by atoms with Crippen LogP contribution in [0.3, 0.4) is 0 Å². The normalized spacial score (nSPS) is 10.9. The maximum Gasteiger partial charge on any atom is 0.320 e. The number of hydrogen-bond donors (Lipinski definition) is 2. The molecule has 0 unspecified atom stereocenters. The Morgan fingerprint density at radius 3 is 2.74 bits per heavy atom. The van der Waals surface area contributed by atoms with E-state index in [0.717, 1.165) is 12.2 Å². The maximum absolute atomic E-state index is 5.53. The largest absolute Gasteiger partial charge is 0.406 e. The van der Waals surface area contributed by atoms with Gasteiger partial charge >= 0.3 is 6.01 Å². The lowest BCUT2D eigenvalue weighted by molar-refractivity contribution is 0.484. The van der Waals surface area contributed by atoms with E-state index < -0.39 is 0 Å². The Bertz CT molecular complexity index is 522. The lowest BCUT2D eigenvalue weighted by Crippen LogP contribution is -2.11. The molecule has 0 spiro atoms. The summed E-state index contributed by atoms with van der Waals surface area (Å²) in [5.41, 5.74) is 2.24. The molecule has 0 atom stereocenters. The molecule has 0 aliphatic rings. The molecule has 1 aromatic carbocycles. The highest BCUT2D eigenvalue weighted by Gasteiger charge is 2.09. The Hall–Kier alpha value is -1.88. The second kappa shape index (κ2) is 6.33. The fourth-order valence-electron chi connectivity index (χ4n) is 1.84. The van der Waals surface area contributed by atoms with Gasteiger partial charge < -0.3 is 15.1 Å². The van der Waals surface area contributed by atoms with E-state index >= 15 is 0 Å². The number of anilines is 2. The fraction of sp³-hybridized carbons (Fsp3) is 0.429. The van der Waals surface area contributed by atoms with E-state index in [0.29, 0.717) is 24.4 Å². The lowest BCUT2D eigenvalue weighted by Gasteiger charge is -2.11. The molecule has 0 fully saturated rings. The summed E-state index contributed by atoms with van der Waals surface area (Å²) in [4.78, 5) is 0. The van der Waals surface area contributed by atoms with Gasteiger partial charge in [-0.15, -0.1) is 5.10 Å². The van der Waals surface area contributed by atoms with Crippen molar-refractivity contribution in [2.24, 2.45) is 0 Å². The van der Waals surface area contributed by atoms with Crippen molar-refractivity contribution in [3.8, 4) is 0 Å². The number of nitrogens with one attached hydrogen (secondary N) is 2. The molecule has 0 saturated carbocycles. The van der Waals surface area contributed by atoms with Crippen molar-refractivity contribution in [3.05, 3.63) is 35.7 Å². The molecule has 5 nitrogen and oxygen atoms in total. The number of hydrogen-bond acceptors (Lipinski definition) is 5. The molecule has 19 heavy (non-hydrogen) atoms. The molecule has 1 heterocycles. The number of rotatable bonds is 6. The van der Waals surface area contributed by atoms with Gasteiger partial charge in [-0.1, -0.05) is 44.1 Å². The van der Waals surface area contributed by atoms with Crippen LogP contribution in [-0.4, -0.2) is 16.7 Å². The number of nitrogens with zero attached hydrogens (tertiary/aromatic N) is 2. The van der Waals surface area contributed by atoms with Crippen molar-refractivity contribution < 1.29 is 4.42 Å². The summed E-state index contributed by atoms with van der Waals surface area (Å²) >= 11 is 0. The van der Waals surface area contributed by atoms with E-state index in [1.54, 1.807) is 0 Å². The standard InChI is InChI=1S/C14H20N4O/c1-4-15-9-13-17-18-14(19-13)16-12-8-6-5-7-11(12)10(2)3/h5-8,10,15H,4,9H2,1-3H3,(H,16,18). The second-order valence-corrected chi connectivity index (χ2v) is 4.65. The quantitative estimate of drug-likeness (QED) is 0.835. The van der Waals surface area contributed by atoms with E-state index in [-0.39, 0.29) is 0 Å². The highest BCUT2D eigenvalue weighted by atomic mass is 16.4. The highest BCUT2D eigenvalue weighted by molar-refractivity contribution is 5.58. The zero-order chi connectivity index (χ0) is 13.7. The van der Waals surface area contributed by atoms with Gasteiger partial charge in [0.15, 0.2) is 0 Å². The van der Waals surface area contributed by atoms with Crippen LogP contribution in [0.5, 0.6) is 0 Å². The molecule has 0 aliphatic heterocycles. The summed E-state index contributed by atoms with van der Waals surface area (Å²) in [6, 6.07) is 8.57. The zero-order valence-corrected chi connectivity index (χ0v) is 11.6. The monoisotopic (exact) mass is 260 g/mol. The van der Waals surface area contributed by atoms with Crippen LogP contribution in [0.2, 0.25) is 0 Å². The Morgan fingerprint density at radius 1 is 1.21 bits per heavy atom. The molecular weight excluding hydrogens is 240 g/mol. The smallest absolute Gasteiger partial charge is 0.320 e. The molecule has 2 N–H and O–H groups in total. The van der Waals surface area contributed by atoms with Crippen LogP contribution in [0, 0.1) is 0 Å². The molecule has 0 amide bonds.